The molecule has 1 aliphatic carbocycles. The molecule has 2 aromatic carbocycles. The first-order valence-corrected chi connectivity index (χ1v) is 16.3. The molecule has 12 nitrogen and oxygen atoms in total. The van der Waals surface area contributed by atoms with Crippen LogP contribution in [0.2, 0.25) is 0 Å². The third-order valence-corrected chi connectivity index (χ3v) is 10.00. The van der Waals surface area contributed by atoms with Gasteiger partial charge in [-0.3, -0.25) is 19.1 Å². The second kappa shape index (κ2) is 12.2. The van der Waals surface area contributed by atoms with E-state index in [0.29, 0.717) is 58.9 Å². The van der Waals surface area contributed by atoms with Gasteiger partial charge in [0.05, 0.1) is 39.5 Å². The van der Waals surface area contributed by atoms with Gasteiger partial charge in [0.25, 0.3) is 10.1 Å². The molecule has 0 saturated heterocycles. The number of nitrogens with zero attached hydrogens (tertiary/aromatic N) is 1. The SMILES string of the molecule is CC1(CCCCCC(=O)O)C(/C=C2/C(=O)C(/C=C3/Nc4ccc(S(=O)(=O)O)cc4C3(C)C)=C2O)=Nc2ccc(SOOO)cc21. The average molecular weight is 657 g/mol. The fraction of sp³-hybridized carbons (Fsp3) is 0.323. The summed E-state index contributed by atoms with van der Waals surface area (Å²) in [4.78, 5) is 29.5. The summed E-state index contributed by atoms with van der Waals surface area (Å²) in [6.07, 6.45) is 5.67. The highest BCUT2D eigenvalue weighted by molar-refractivity contribution is 7.94. The van der Waals surface area contributed by atoms with Crippen LogP contribution >= 0.6 is 12.0 Å². The fourth-order valence-electron chi connectivity index (χ4n) is 5.90. The third kappa shape index (κ3) is 6.21. The van der Waals surface area contributed by atoms with Crippen molar-refractivity contribution in [3.05, 3.63) is 82.3 Å². The quantitative estimate of drug-likeness (QED) is 0.0425. The highest BCUT2D eigenvalue weighted by Gasteiger charge is 2.42. The van der Waals surface area contributed by atoms with E-state index in [-0.39, 0.29) is 34.0 Å². The molecule has 0 fully saturated rings. The number of aliphatic carboxylic acids is 1. The van der Waals surface area contributed by atoms with E-state index in [1.165, 1.54) is 18.2 Å². The zero-order valence-corrected chi connectivity index (χ0v) is 26.3. The largest absolute Gasteiger partial charge is 0.506 e. The molecule has 3 aliphatic rings. The Kier molecular flexibility index (Phi) is 8.83. The second-order valence-electron chi connectivity index (χ2n) is 11.8. The van der Waals surface area contributed by atoms with E-state index in [1.54, 1.807) is 24.3 Å². The number of fused-ring (bicyclic) bond motifs is 2. The number of carbonyl (C=O) groups excluding carboxylic acids is 1. The molecule has 2 aromatic rings. The van der Waals surface area contributed by atoms with Gasteiger partial charge in [-0.05, 0) is 79.4 Å². The lowest BCUT2D eigenvalue weighted by atomic mass is 9.73. The van der Waals surface area contributed by atoms with Crippen molar-refractivity contribution in [2.75, 3.05) is 5.32 Å². The Morgan fingerprint density at radius 3 is 2.49 bits per heavy atom. The van der Waals surface area contributed by atoms with Crippen molar-refractivity contribution in [1.29, 1.82) is 0 Å². The number of rotatable bonds is 12. The molecule has 0 aromatic heterocycles. The van der Waals surface area contributed by atoms with Crippen LogP contribution in [0.3, 0.4) is 0 Å². The molecule has 1 atom stereocenters. The Bertz CT molecular complexity index is 1820. The Morgan fingerprint density at radius 1 is 1.07 bits per heavy atom. The molecule has 45 heavy (non-hydrogen) atoms. The first kappa shape index (κ1) is 32.6. The second-order valence-corrected chi connectivity index (χ2v) is 14.0. The molecule has 2 aliphatic heterocycles. The van der Waals surface area contributed by atoms with Crippen LogP contribution in [0.1, 0.15) is 64.0 Å². The molecule has 14 heteroatoms. The molecule has 5 N–H and O–H groups in total. The zero-order chi connectivity index (χ0) is 32.7. The number of aliphatic hydroxyl groups excluding tert-OH is 1. The van der Waals surface area contributed by atoms with Gasteiger partial charge in [0.2, 0.25) is 5.78 Å². The molecule has 0 saturated carbocycles. The van der Waals surface area contributed by atoms with Crippen molar-refractivity contribution < 1.29 is 47.4 Å². The number of hydrogen-bond donors (Lipinski definition) is 5. The topological polar surface area (TPSA) is 192 Å². The molecule has 238 valence electrons. The monoisotopic (exact) mass is 656 g/mol. The number of carboxylic acid groups (broad SMARTS) is 1. The van der Waals surface area contributed by atoms with Crippen LogP contribution in [-0.4, -0.2) is 45.9 Å². The number of carboxylic acids is 1. The predicted molar refractivity (Wildman–Crippen MR) is 166 cm³/mol. The van der Waals surface area contributed by atoms with Crippen molar-refractivity contribution in [3.63, 3.8) is 0 Å². The number of anilines is 1. The third-order valence-electron chi connectivity index (χ3n) is 8.57. The van der Waals surface area contributed by atoms with E-state index >= 15 is 0 Å². The summed E-state index contributed by atoms with van der Waals surface area (Å²) in [7, 11) is -4.41. The van der Waals surface area contributed by atoms with Gasteiger partial charge >= 0.3 is 5.97 Å². The summed E-state index contributed by atoms with van der Waals surface area (Å²) in [5.74, 6) is -1.45. The van der Waals surface area contributed by atoms with Crippen LogP contribution in [0.25, 0.3) is 0 Å². The van der Waals surface area contributed by atoms with Gasteiger partial charge in [0.15, 0.2) is 0 Å². The Labute approximate surface area is 264 Å². The number of nitrogens with one attached hydrogen (secondary N) is 1. The molecule has 0 amide bonds. The summed E-state index contributed by atoms with van der Waals surface area (Å²) >= 11 is 0.806. The molecule has 5 rings (SSSR count). The maximum absolute atomic E-state index is 13.4. The van der Waals surface area contributed by atoms with E-state index < -0.39 is 26.9 Å². The van der Waals surface area contributed by atoms with Crippen molar-refractivity contribution in [2.45, 2.75) is 73.5 Å². The van der Waals surface area contributed by atoms with Gasteiger partial charge in [-0.25, -0.2) is 5.26 Å². The normalized spacial score (nSPS) is 21.9. The van der Waals surface area contributed by atoms with Crippen molar-refractivity contribution in [1.82, 2.24) is 0 Å². The lowest BCUT2D eigenvalue weighted by Gasteiger charge is -2.28. The number of allylic oxidation sites excluding steroid dienone is 5. The number of unbranched alkanes of at least 4 members (excludes halogenated alkanes) is 2. The summed E-state index contributed by atoms with van der Waals surface area (Å²) in [6.45, 7) is 5.64. The standard InChI is InChI=1S/C31H32N2O10S2/c1-30(2)21-14-18(45(39,40)41)9-11-23(21)32-25(30)15-19-28(36)20(29(19)37)16-26-31(3,12-6-4-5-7-27(34)35)22-13-17(44-43-42-38)8-10-24(22)33-26/h8-11,13-16,32,36,38H,4-7,12H2,1-3H3,(H,34,35)(H,39,40,41)/b20-16+,25-15+. The minimum Gasteiger partial charge on any atom is -0.506 e. The van der Waals surface area contributed by atoms with Gasteiger partial charge in [0, 0.05) is 33.5 Å². The maximum Gasteiger partial charge on any atom is 0.303 e. The van der Waals surface area contributed by atoms with Crippen molar-refractivity contribution in [2.24, 2.45) is 4.99 Å². The molecular formula is C31H32N2O10S2. The fourth-order valence-corrected chi connectivity index (χ4v) is 6.81. The van der Waals surface area contributed by atoms with Crippen molar-refractivity contribution >= 4 is 51.0 Å². The van der Waals surface area contributed by atoms with E-state index in [4.69, 9.17) is 15.4 Å². The van der Waals surface area contributed by atoms with Gasteiger partial charge in [0.1, 0.15) is 5.76 Å². The summed E-state index contributed by atoms with van der Waals surface area (Å²) in [5, 5.41) is 35.5. The Hall–Kier alpha value is -3.79. The highest BCUT2D eigenvalue weighted by Crippen LogP contribution is 2.48. The lowest BCUT2D eigenvalue weighted by Crippen LogP contribution is -2.31. The number of Topliss-reactive ketones (excluding diaryl/α,β-unsaturated/α-hetero) is 1. The van der Waals surface area contributed by atoms with Crippen LogP contribution in [-0.2, 0) is 39.9 Å². The number of aliphatic imine (C=N–C) groups is 1. The summed E-state index contributed by atoms with van der Waals surface area (Å²) < 4.78 is 37.5. The van der Waals surface area contributed by atoms with Crippen LogP contribution < -0.4 is 5.32 Å². The van der Waals surface area contributed by atoms with Crippen LogP contribution in [0.4, 0.5) is 11.4 Å². The zero-order valence-electron chi connectivity index (χ0n) is 24.7. The van der Waals surface area contributed by atoms with Gasteiger partial charge in [-0.1, -0.05) is 31.7 Å². The number of hydrogen-bond acceptors (Lipinski definition) is 11. The molecule has 0 spiro atoms. The minimum absolute atomic E-state index is 0.0709. The van der Waals surface area contributed by atoms with Crippen LogP contribution in [0.5, 0.6) is 0 Å². The number of ketones is 1. The molecule has 1 unspecified atom stereocenters. The maximum atomic E-state index is 13.4. The number of benzene rings is 2. The van der Waals surface area contributed by atoms with E-state index in [0.717, 1.165) is 17.6 Å². The van der Waals surface area contributed by atoms with E-state index in [2.05, 4.69) is 14.7 Å². The first-order valence-electron chi connectivity index (χ1n) is 14.1. The first-order chi connectivity index (χ1) is 21.2. The lowest BCUT2D eigenvalue weighted by molar-refractivity contribution is -0.432. The Balaban J connectivity index is 1.44. The molecule has 2 heterocycles. The number of aliphatic hydroxyl groups is 1. The van der Waals surface area contributed by atoms with Gasteiger partial charge < -0.3 is 15.5 Å². The highest BCUT2D eigenvalue weighted by atomic mass is 32.2. The Morgan fingerprint density at radius 2 is 1.82 bits per heavy atom. The predicted octanol–water partition coefficient (Wildman–Crippen LogP) is 6.35. The average Bonchev–Trinajstić information content (AvgIpc) is 3.40. The van der Waals surface area contributed by atoms with Gasteiger partial charge in [-0.2, -0.15) is 8.42 Å². The van der Waals surface area contributed by atoms with Crippen LogP contribution in [0, 0.1) is 0 Å². The van der Waals surface area contributed by atoms with Crippen molar-refractivity contribution in [3.8, 4) is 0 Å². The molecular weight excluding hydrogens is 624 g/mol. The molecule has 0 bridgehead atoms. The summed E-state index contributed by atoms with van der Waals surface area (Å²) in [5.41, 5.74) is 2.60. The molecule has 0 radical (unpaired) electrons. The van der Waals surface area contributed by atoms with Gasteiger partial charge in [-0.15, -0.1) is 4.33 Å². The van der Waals surface area contributed by atoms with Crippen LogP contribution in [0.15, 0.2) is 85.9 Å². The smallest absolute Gasteiger partial charge is 0.303 e. The number of carbonyl (C=O) groups is 2. The van der Waals surface area contributed by atoms with E-state index in [1.807, 2.05) is 26.8 Å². The van der Waals surface area contributed by atoms with E-state index in [9.17, 15) is 27.7 Å². The minimum atomic E-state index is -4.41. The summed E-state index contributed by atoms with van der Waals surface area (Å²) in [6, 6.07) is 9.56.